The normalized spacial score (nSPS) is 28.0. The third kappa shape index (κ3) is 3.20. The molecule has 2 heteroatoms. The summed E-state index contributed by atoms with van der Waals surface area (Å²) in [7, 11) is 0. The second kappa shape index (κ2) is 5.66. The average Bonchev–Trinajstić information content (AvgIpc) is 2.40. The highest BCUT2D eigenvalue weighted by atomic mass is 16.5. The van der Waals surface area contributed by atoms with Crippen molar-refractivity contribution >= 4 is 5.78 Å². The van der Waals surface area contributed by atoms with Crippen LogP contribution >= 0.6 is 0 Å². The Kier molecular flexibility index (Phi) is 4.18. The van der Waals surface area contributed by atoms with Crippen LogP contribution < -0.4 is 0 Å². The van der Waals surface area contributed by atoms with Crippen molar-refractivity contribution < 1.29 is 9.53 Å². The van der Waals surface area contributed by atoms with Gasteiger partial charge in [-0.15, -0.1) is 0 Å². The van der Waals surface area contributed by atoms with Gasteiger partial charge in [0.05, 0.1) is 5.60 Å². The Bertz CT molecular complexity index is 399. The van der Waals surface area contributed by atoms with Crippen LogP contribution in [0.1, 0.15) is 38.7 Å². The SMILES string of the molecule is CC[C@@]1(C)C[C@H](C(=O)Cc2ccccc2)CCO1. The van der Waals surface area contributed by atoms with E-state index in [2.05, 4.69) is 13.8 Å². The summed E-state index contributed by atoms with van der Waals surface area (Å²) >= 11 is 0. The highest BCUT2D eigenvalue weighted by molar-refractivity contribution is 5.83. The molecule has 1 heterocycles. The standard InChI is InChI=1S/C16H22O2/c1-3-16(2)12-14(9-10-18-16)15(17)11-13-7-5-4-6-8-13/h4-8,14H,3,9-12H2,1-2H3/t14-,16+/m1/s1. The molecule has 0 unspecified atom stereocenters. The molecule has 2 rings (SSSR count). The van der Waals surface area contributed by atoms with E-state index in [4.69, 9.17) is 4.74 Å². The second-order valence-electron chi connectivity index (χ2n) is 5.47. The van der Waals surface area contributed by atoms with E-state index < -0.39 is 0 Å². The van der Waals surface area contributed by atoms with Gasteiger partial charge < -0.3 is 4.74 Å². The minimum Gasteiger partial charge on any atom is -0.375 e. The molecule has 1 aliphatic rings. The van der Waals surface area contributed by atoms with Crippen LogP contribution in [0.3, 0.4) is 0 Å². The van der Waals surface area contributed by atoms with Crippen LogP contribution in [0.25, 0.3) is 0 Å². The highest BCUT2D eigenvalue weighted by Gasteiger charge is 2.34. The number of ether oxygens (including phenoxy) is 1. The van der Waals surface area contributed by atoms with Crippen molar-refractivity contribution in [1.29, 1.82) is 0 Å². The zero-order valence-electron chi connectivity index (χ0n) is 11.3. The summed E-state index contributed by atoms with van der Waals surface area (Å²) < 4.78 is 5.79. The zero-order valence-corrected chi connectivity index (χ0v) is 11.3. The van der Waals surface area contributed by atoms with Gasteiger partial charge in [-0.3, -0.25) is 4.79 Å². The summed E-state index contributed by atoms with van der Waals surface area (Å²) in [5.41, 5.74) is 1.02. The molecule has 1 saturated heterocycles. The molecule has 0 bridgehead atoms. The van der Waals surface area contributed by atoms with Crippen molar-refractivity contribution in [1.82, 2.24) is 0 Å². The maximum Gasteiger partial charge on any atom is 0.140 e. The van der Waals surface area contributed by atoms with E-state index in [1.807, 2.05) is 30.3 Å². The third-order valence-corrected chi connectivity index (χ3v) is 4.02. The molecule has 0 spiro atoms. The molecule has 2 nitrogen and oxygen atoms in total. The first-order valence-electron chi connectivity index (χ1n) is 6.83. The fourth-order valence-electron chi connectivity index (χ4n) is 2.59. The van der Waals surface area contributed by atoms with Crippen molar-refractivity contribution in [3.8, 4) is 0 Å². The molecule has 0 radical (unpaired) electrons. The van der Waals surface area contributed by atoms with Gasteiger partial charge in [0.15, 0.2) is 0 Å². The van der Waals surface area contributed by atoms with Crippen LogP contribution in [-0.4, -0.2) is 18.0 Å². The first-order chi connectivity index (χ1) is 8.63. The summed E-state index contributed by atoms with van der Waals surface area (Å²) in [6, 6.07) is 10.0. The molecule has 0 N–H and O–H groups in total. The van der Waals surface area contributed by atoms with E-state index in [1.54, 1.807) is 0 Å². The quantitative estimate of drug-likeness (QED) is 0.814. The van der Waals surface area contributed by atoms with E-state index in [0.717, 1.165) is 31.4 Å². The predicted molar refractivity (Wildman–Crippen MR) is 72.5 cm³/mol. The van der Waals surface area contributed by atoms with Crippen molar-refractivity contribution in [3.05, 3.63) is 35.9 Å². The van der Waals surface area contributed by atoms with Gasteiger partial charge in [-0.2, -0.15) is 0 Å². The Labute approximate surface area is 109 Å². The van der Waals surface area contributed by atoms with Crippen molar-refractivity contribution in [3.63, 3.8) is 0 Å². The molecule has 1 aliphatic heterocycles. The van der Waals surface area contributed by atoms with Gasteiger partial charge in [-0.25, -0.2) is 0 Å². The topological polar surface area (TPSA) is 26.3 Å². The Morgan fingerprint density at radius 3 is 2.78 bits per heavy atom. The lowest BCUT2D eigenvalue weighted by atomic mass is 9.81. The number of hydrogen-bond donors (Lipinski definition) is 0. The summed E-state index contributed by atoms with van der Waals surface area (Å²) in [4.78, 5) is 12.3. The minimum absolute atomic E-state index is 0.102. The smallest absolute Gasteiger partial charge is 0.140 e. The van der Waals surface area contributed by atoms with Crippen LogP contribution in [0.15, 0.2) is 30.3 Å². The molecule has 0 aromatic heterocycles. The van der Waals surface area contributed by atoms with Crippen LogP contribution in [0, 0.1) is 5.92 Å². The Morgan fingerprint density at radius 1 is 1.39 bits per heavy atom. The number of benzene rings is 1. The van der Waals surface area contributed by atoms with Gasteiger partial charge in [0.25, 0.3) is 0 Å². The van der Waals surface area contributed by atoms with Crippen molar-refractivity contribution in [2.24, 2.45) is 5.92 Å². The summed E-state index contributed by atoms with van der Waals surface area (Å²) in [6.45, 7) is 4.97. The summed E-state index contributed by atoms with van der Waals surface area (Å²) in [5, 5.41) is 0. The number of carbonyl (C=O) groups is 1. The molecule has 1 aromatic carbocycles. The molecule has 0 amide bonds. The summed E-state index contributed by atoms with van der Waals surface area (Å²) in [5.74, 6) is 0.535. The molecule has 2 atom stereocenters. The van der Waals surface area contributed by atoms with Gasteiger partial charge in [0.2, 0.25) is 0 Å². The number of rotatable bonds is 4. The van der Waals surface area contributed by atoms with E-state index in [1.165, 1.54) is 0 Å². The lowest BCUT2D eigenvalue weighted by molar-refractivity contribution is -0.134. The van der Waals surface area contributed by atoms with Gasteiger partial charge in [-0.1, -0.05) is 37.3 Å². The lowest BCUT2D eigenvalue weighted by Gasteiger charge is -2.37. The Hall–Kier alpha value is -1.15. The first-order valence-corrected chi connectivity index (χ1v) is 6.83. The molecule has 0 aliphatic carbocycles. The van der Waals surface area contributed by atoms with Crippen LogP contribution in [0.4, 0.5) is 0 Å². The van der Waals surface area contributed by atoms with Crippen LogP contribution in [-0.2, 0) is 16.0 Å². The predicted octanol–water partition coefficient (Wildman–Crippen LogP) is 3.39. The molecular formula is C16H22O2. The van der Waals surface area contributed by atoms with Crippen molar-refractivity contribution in [2.75, 3.05) is 6.61 Å². The Morgan fingerprint density at radius 2 is 2.11 bits per heavy atom. The fraction of sp³-hybridized carbons (Fsp3) is 0.562. The van der Waals surface area contributed by atoms with Gasteiger partial charge >= 0.3 is 0 Å². The summed E-state index contributed by atoms with van der Waals surface area (Å²) in [6.07, 6.45) is 3.28. The number of Topliss-reactive ketones (excluding diaryl/α,β-unsaturated/α-hetero) is 1. The molecule has 18 heavy (non-hydrogen) atoms. The van der Waals surface area contributed by atoms with E-state index in [9.17, 15) is 4.79 Å². The number of carbonyl (C=O) groups excluding carboxylic acids is 1. The lowest BCUT2D eigenvalue weighted by Crippen LogP contribution is -2.39. The van der Waals surface area contributed by atoms with Gasteiger partial charge in [0, 0.05) is 18.9 Å². The number of hydrogen-bond acceptors (Lipinski definition) is 2. The third-order valence-electron chi connectivity index (χ3n) is 4.02. The number of ketones is 1. The maximum atomic E-state index is 12.3. The molecular weight excluding hydrogens is 224 g/mol. The first kappa shape index (κ1) is 13.3. The minimum atomic E-state index is -0.102. The highest BCUT2D eigenvalue weighted by Crippen LogP contribution is 2.32. The molecule has 1 aromatic rings. The Balaban J connectivity index is 1.97. The second-order valence-corrected chi connectivity index (χ2v) is 5.47. The van der Waals surface area contributed by atoms with Crippen LogP contribution in [0.5, 0.6) is 0 Å². The van der Waals surface area contributed by atoms with Crippen molar-refractivity contribution in [2.45, 2.75) is 45.1 Å². The average molecular weight is 246 g/mol. The molecule has 1 fully saturated rings. The molecule has 98 valence electrons. The fourth-order valence-corrected chi connectivity index (χ4v) is 2.59. The largest absolute Gasteiger partial charge is 0.375 e. The van der Waals surface area contributed by atoms with E-state index >= 15 is 0 Å². The van der Waals surface area contributed by atoms with Gasteiger partial charge in [0.1, 0.15) is 5.78 Å². The van der Waals surface area contributed by atoms with Crippen LogP contribution in [0.2, 0.25) is 0 Å². The molecule has 0 saturated carbocycles. The van der Waals surface area contributed by atoms with Gasteiger partial charge in [-0.05, 0) is 31.7 Å². The zero-order chi connectivity index (χ0) is 13.0. The monoisotopic (exact) mass is 246 g/mol. The maximum absolute atomic E-state index is 12.3. The van der Waals surface area contributed by atoms with E-state index in [-0.39, 0.29) is 11.5 Å². The van der Waals surface area contributed by atoms with E-state index in [0.29, 0.717) is 12.2 Å².